The fourth-order valence-electron chi connectivity index (χ4n) is 2.28. The number of hydrogen-bond donors (Lipinski definition) is 3. The van der Waals surface area contributed by atoms with E-state index >= 15 is 0 Å². The maximum absolute atomic E-state index is 12.2. The Morgan fingerprint density at radius 3 is 2.68 bits per heavy atom. The molecule has 2 rings (SSSR count). The van der Waals surface area contributed by atoms with Crippen molar-refractivity contribution in [2.75, 3.05) is 18.4 Å². The number of carbonyl (C=O) groups excluding carboxylic acids is 1. The van der Waals surface area contributed by atoms with E-state index in [1.807, 2.05) is 13.8 Å². The molecule has 0 unspecified atom stereocenters. The fourth-order valence-corrected chi connectivity index (χ4v) is 2.28. The first-order valence-electron chi connectivity index (χ1n) is 6.34. The average molecular weight is 262 g/mol. The van der Waals surface area contributed by atoms with Crippen molar-refractivity contribution in [1.29, 1.82) is 0 Å². The van der Waals surface area contributed by atoms with Gasteiger partial charge < -0.3 is 15.7 Å². The minimum absolute atomic E-state index is 0.0526. The lowest BCUT2D eigenvalue weighted by Crippen LogP contribution is -2.28. The van der Waals surface area contributed by atoms with E-state index in [2.05, 4.69) is 10.6 Å². The molecular formula is C14H18N2O3. The highest BCUT2D eigenvalue weighted by atomic mass is 16.4. The zero-order chi connectivity index (χ0) is 14.0. The number of carbonyl (C=O) groups is 2. The van der Waals surface area contributed by atoms with Crippen molar-refractivity contribution < 1.29 is 14.7 Å². The summed E-state index contributed by atoms with van der Waals surface area (Å²) in [6.07, 6.45) is 0. The van der Waals surface area contributed by atoms with Crippen LogP contribution in [0.2, 0.25) is 0 Å². The van der Waals surface area contributed by atoms with Gasteiger partial charge in [-0.2, -0.15) is 0 Å². The molecule has 0 aliphatic carbocycles. The number of aromatic carboxylic acids is 1. The summed E-state index contributed by atoms with van der Waals surface area (Å²) in [5, 5.41) is 15.0. The standard InChI is InChI=1S/C14H18N2O3/c1-8-3-4-10(14(18)19)5-12(8)16-13(17)11-7-15-6-9(11)2/h3-5,9,11,15H,6-7H2,1-2H3,(H,16,17)(H,18,19)/t9-,11-/m1/s1. The quantitative estimate of drug-likeness (QED) is 0.771. The molecule has 0 radical (unpaired) electrons. The molecule has 1 fully saturated rings. The van der Waals surface area contributed by atoms with Crippen LogP contribution in [0.25, 0.3) is 0 Å². The summed E-state index contributed by atoms with van der Waals surface area (Å²) in [7, 11) is 0. The number of anilines is 1. The van der Waals surface area contributed by atoms with E-state index in [1.54, 1.807) is 6.07 Å². The molecule has 1 aliphatic heterocycles. The molecule has 1 heterocycles. The highest BCUT2D eigenvalue weighted by molar-refractivity contribution is 5.96. The molecule has 0 saturated carbocycles. The van der Waals surface area contributed by atoms with Crippen molar-refractivity contribution in [3.63, 3.8) is 0 Å². The molecule has 19 heavy (non-hydrogen) atoms. The van der Waals surface area contributed by atoms with Crippen LogP contribution in [0, 0.1) is 18.8 Å². The van der Waals surface area contributed by atoms with E-state index in [0.717, 1.165) is 12.1 Å². The second-order valence-corrected chi connectivity index (χ2v) is 5.07. The predicted octanol–water partition coefficient (Wildman–Crippen LogP) is 1.49. The van der Waals surface area contributed by atoms with Gasteiger partial charge in [0.15, 0.2) is 0 Å². The minimum atomic E-state index is -0.994. The highest BCUT2D eigenvalue weighted by Gasteiger charge is 2.29. The van der Waals surface area contributed by atoms with Gasteiger partial charge in [-0.1, -0.05) is 13.0 Å². The number of amides is 1. The molecule has 5 nitrogen and oxygen atoms in total. The zero-order valence-corrected chi connectivity index (χ0v) is 11.1. The van der Waals surface area contributed by atoms with E-state index in [1.165, 1.54) is 12.1 Å². The number of carboxylic acid groups (broad SMARTS) is 1. The molecule has 1 aromatic carbocycles. The van der Waals surface area contributed by atoms with Crippen LogP contribution in [-0.4, -0.2) is 30.1 Å². The van der Waals surface area contributed by atoms with Crippen LogP contribution in [0.1, 0.15) is 22.8 Å². The molecule has 0 bridgehead atoms. The first-order valence-corrected chi connectivity index (χ1v) is 6.34. The Bertz CT molecular complexity index is 513. The minimum Gasteiger partial charge on any atom is -0.478 e. The van der Waals surface area contributed by atoms with E-state index in [4.69, 9.17) is 5.11 Å². The summed E-state index contributed by atoms with van der Waals surface area (Å²) in [6.45, 7) is 5.39. The predicted molar refractivity (Wildman–Crippen MR) is 72.3 cm³/mol. The maximum atomic E-state index is 12.2. The van der Waals surface area contributed by atoms with E-state index in [9.17, 15) is 9.59 Å². The number of hydrogen-bond acceptors (Lipinski definition) is 3. The molecule has 0 aromatic heterocycles. The lowest BCUT2D eigenvalue weighted by atomic mass is 9.97. The Morgan fingerprint density at radius 1 is 1.37 bits per heavy atom. The monoisotopic (exact) mass is 262 g/mol. The molecular weight excluding hydrogens is 244 g/mol. The van der Waals surface area contributed by atoms with Gasteiger partial charge in [-0.15, -0.1) is 0 Å². The maximum Gasteiger partial charge on any atom is 0.335 e. The SMILES string of the molecule is Cc1ccc(C(=O)O)cc1NC(=O)[C@@H]1CNC[C@H]1C. The van der Waals surface area contributed by atoms with Crippen LogP contribution >= 0.6 is 0 Å². The Balaban J connectivity index is 2.16. The second-order valence-electron chi connectivity index (χ2n) is 5.07. The van der Waals surface area contributed by atoms with Crippen LogP contribution in [0.3, 0.4) is 0 Å². The normalized spacial score (nSPS) is 22.2. The van der Waals surface area contributed by atoms with Crippen LogP contribution < -0.4 is 10.6 Å². The zero-order valence-electron chi connectivity index (χ0n) is 11.1. The smallest absolute Gasteiger partial charge is 0.335 e. The van der Waals surface area contributed by atoms with Gasteiger partial charge in [0.2, 0.25) is 5.91 Å². The van der Waals surface area contributed by atoms with Crippen LogP contribution in [-0.2, 0) is 4.79 Å². The fraction of sp³-hybridized carbons (Fsp3) is 0.429. The largest absolute Gasteiger partial charge is 0.478 e. The summed E-state index contributed by atoms with van der Waals surface area (Å²) >= 11 is 0. The molecule has 102 valence electrons. The Hall–Kier alpha value is -1.88. The van der Waals surface area contributed by atoms with Crippen LogP contribution in [0.15, 0.2) is 18.2 Å². The highest BCUT2D eigenvalue weighted by Crippen LogP contribution is 2.21. The third kappa shape index (κ3) is 2.93. The average Bonchev–Trinajstić information content (AvgIpc) is 2.78. The van der Waals surface area contributed by atoms with Gasteiger partial charge >= 0.3 is 5.97 Å². The third-order valence-corrected chi connectivity index (χ3v) is 3.60. The molecule has 1 amide bonds. The second kappa shape index (κ2) is 5.40. The van der Waals surface area contributed by atoms with Crippen LogP contribution in [0.5, 0.6) is 0 Å². The van der Waals surface area contributed by atoms with Gasteiger partial charge in [-0.25, -0.2) is 4.79 Å². The Labute approximate surface area is 112 Å². The topological polar surface area (TPSA) is 78.4 Å². The number of aryl methyl sites for hydroxylation is 1. The molecule has 3 N–H and O–H groups in total. The number of carboxylic acids is 1. The first-order chi connectivity index (χ1) is 8.99. The molecule has 1 aliphatic rings. The van der Waals surface area contributed by atoms with Gasteiger partial charge in [-0.3, -0.25) is 4.79 Å². The van der Waals surface area contributed by atoms with Crippen molar-refractivity contribution in [2.24, 2.45) is 11.8 Å². The van der Waals surface area contributed by atoms with Crippen molar-refractivity contribution in [1.82, 2.24) is 5.32 Å². The summed E-state index contributed by atoms with van der Waals surface area (Å²) in [4.78, 5) is 23.1. The lowest BCUT2D eigenvalue weighted by molar-refractivity contribution is -0.120. The van der Waals surface area contributed by atoms with Crippen molar-refractivity contribution >= 4 is 17.6 Å². The van der Waals surface area contributed by atoms with Crippen molar-refractivity contribution in [3.8, 4) is 0 Å². The van der Waals surface area contributed by atoms with E-state index < -0.39 is 5.97 Å². The number of nitrogens with one attached hydrogen (secondary N) is 2. The summed E-state index contributed by atoms with van der Waals surface area (Å²) in [6, 6.07) is 4.74. The lowest BCUT2D eigenvalue weighted by Gasteiger charge is -2.15. The molecule has 1 saturated heterocycles. The summed E-state index contributed by atoms with van der Waals surface area (Å²) in [5.41, 5.74) is 1.61. The molecule has 0 spiro atoms. The van der Waals surface area contributed by atoms with E-state index in [0.29, 0.717) is 18.2 Å². The first kappa shape index (κ1) is 13.5. The van der Waals surface area contributed by atoms with Gasteiger partial charge in [0.1, 0.15) is 0 Å². The van der Waals surface area contributed by atoms with Crippen molar-refractivity contribution in [2.45, 2.75) is 13.8 Å². The third-order valence-electron chi connectivity index (χ3n) is 3.60. The number of rotatable bonds is 3. The van der Waals surface area contributed by atoms with Crippen LogP contribution in [0.4, 0.5) is 5.69 Å². The molecule has 1 aromatic rings. The van der Waals surface area contributed by atoms with Gasteiger partial charge in [0.05, 0.1) is 11.5 Å². The summed E-state index contributed by atoms with van der Waals surface area (Å²) < 4.78 is 0. The summed E-state index contributed by atoms with van der Waals surface area (Å²) in [5.74, 6) is -0.814. The van der Waals surface area contributed by atoms with Gasteiger partial charge in [-0.05, 0) is 37.1 Å². The van der Waals surface area contributed by atoms with Gasteiger partial charge in [0, 0.05) is 12.2 Å². The van der Waals surface area contributed by atoms with E-state index in [-0.39, 0.29) is 17.4 Å². The van der Waals surface area contributed by atoms with Gasteiger partial charge in [0.25, 0.3) is 0 Å². The Kier molecular flexibility index (Phi) is 3.85. The molecule has 5 heteroatoms. The molecule has 2 atom stereocenters. The number of benzene rings is 1. The Morgan fingerprint density at radius 2 is 2.11 bits per heavy atom. The van der Waals surface area contributed by atoms with Crippen molar-refractivity contribution in [3.05, 3.63) is 29.3 Å².